The summed E-state index contributed by atoms with van der Waals surface area (Å²) in [4.78, 5) is 13.8. The predicted octanol–water partition coefficient (Wildman–Crippen LogP) is 3.09. The molecular formula is C21H21N7O. The molecule has 1 N–H and O–H groups in total. The molecule has 0 saturated carbocycles. The summed E-state index contributed by atoms with van der Waals surface area (Å²) in [5.74, 6) is 0.245. The summed E-state index contributed by atoms with van der Waals surface area (Å²) in [5.41, 5.74) is 5.27. The van der Waals surface area contributed by atoms with E-state index in [0.29, 0.717) is 11.5 Å². The molecule has 8 heteroatoms. The number of nitrogens with one attached hydrogen (secondary N) is 1. The van der Waals surface area contributed by atoms with Crippen molar-refractivity contribution in [1.29, 1.82) is 0 Å². The van der Waals surface area contributed by atoms with Crippen LogP contribution in [0.4, 0.5) is 5.69 Å². The number of amides is 1. The smallest absolute Gasteiger partial charge is 0.248 e. The lowest BCUT2D eigenvalue weighted by Crippen LogP contribution is -2.21. The molecule has 2 aromatic carbocycles. The number of hydrogen-bond donors (Lipinski definition) is 1. The Hall–Kier alpha value is -3.81. The van der Waals surface area contributed by atoms with Crippen molar-refractivity contribution in [1.82, 2.24) is 30.0 Å². The fraction of sp³-hybridized carbons (Fsp3) is 0.190. The normalized spacial score (nSPS) is 10.9. The first-order chi connectivity index (χ1) is 14.0. The molecule has 4 aromatic rings. The third-order valence-electron chi connectivity index (χ3n) is 4.60. The molecule has 2 aromatic heterocycles. The second kappa shape index (κ2) is 7.67. The predicted molar refractivity (Wildman–Crippen MR) is 110 cm³/mol. The zero-order chi connectivity index (χ0) is 20.4. The Morgan fingerprint density at radius 2 is 1.69 bits per heavy atom. The molecule has 4 rings (SSSR count). The van der Waals surface area contributed by atoms with Crippen LogP contribution in [0.1, 0.15) is 17.0 Å². The van der Waals surface area contributed by atoms with Crippen LogP contribution >= 0.6 is 0 Å². The molecule has 0 saturated heterocycles. The van der Waals surface area contributed by atoms with Gasteiger partial charge in [-0.3, -0.25) is 4.79 Å². The Morgan fingerprint density at radius 1 is 0.966 bits per heavy atom. The standard InChI is InChI=1S/C21H21N7O/c1-14-9-11-18(12-10-14)28-16(3)20(15(2)24-28)22-19(29)13-27-25-21(23-26-27)17-7-5-4-6-8-17/h4-12H,13H2,1-3H3,(H,22,29). The minimum Gasteiger partial charge on any atom is -0.321 e. The number of aryl methyl sites for hydroxylation is 2. The van der Waals surface area contributed by atoms with Gasteiger partial charge in [0.25, 0.3) is 0 Å². The number of anilines is 1. The van der Waals surface area contributed by atoms with Crippen molar-refractivity contribution in [3.05, 3.63) is 71.5 Å². The van der Waals surface area contributed by atoms with Gasteiger partial charge in [-0.15, -0.1) is 10.2 Å². The lowest BCUT2D eigenvalue weighted by Gasteiger charge is -2.07. The van der Waals surface area contributed by atoms with Crippen LogP contribution in [-0.4, -0.2) is 35.9 Å². The molecule has 0 aliphatic carbocycles. The van der Waals surface area contributed by atoms with E-state index in [0.717, 1.165) is 22.6 Å². The van der Waals surface area contributed by atoms with E-state index < -0.39 is 0 Å². The molecule has 0 aliphatic heterocycles. The maximum absolute atomic E-state index is 12.5. The monoisotopic (exact) mass is 387 g/mol. The minimum atomic E-state index is -0.239. The van der Waals surface area contributed by atoms with Crippen LogP contribution in [0, 0.1) is 20.8 Å². The molecule has 29 heavy (non-hydrogen) atoms. The van der Waals surface area contributed by atoms with Gasteiger partial charge in [-0.25, -0.2) is 4.68 Å². The lowest BCUT2D eigenvalue weighted by molar-refractivity contribution is -0.117. The molecule has 0 radical (unpaired) electrons. The van der Waals surface area contributed by atoms with Gasteiger partial charge < -0.3 is 5.32 Å². The van der Waals surface area contributed by atoms with Crippen molar-refractivity contribution in [2.45, 2.75) is 27.3 Å². The topological polar surface area (TPSA) is 90.5 Å². The van der Waals surface area contributed by atoms with Crippen LogP contribution in [0.25, 0.3) is 17.1 Å². The van der Waals surface area contributed by atoms with Crippen LogP contribution in [-0.2, 0) is 11.3 Å². The second-order valence-electron chi connectivity index (χ2n) is 6.85. The van der Waals surface area contributed by atoms with E-state index in [-0.39, 0.29) is 12.5 Å². The summed E-state index contributed by atoms with van der Waals surface area (Å²) < 4.78 is 1.83. The molecule has 0 atom stereocenters. The average molecular weight is 387 g/mol. The van der Waals surface area contributed by atoms with E-state index in [9.17, 15) is 4.79 Å². The molecule has 146 valence electrons. The molecule has 2 heterocycles. The summed E-state index contributed by atoms with van der Waals surface area (Å²) >= 11 is 0. The summed E-state index contributed by atoms with van der Waals surface area (Å²) in [6.07, 6.45) is 0. The van der Waals surface area contributed by atoms with Gasteiger partial charge >= 0.3 is 0 Å². The van der Waals surface area contributed by atoms with Gasteiger partial charge in [0.15, 0.2) is 0 Å². The van der Waals surface area contributed by atoms with Gasteiger partial charge in [0, 0.05) is 5.56 Å². The molecule has 1 amide bonds. The first-order valence-corrected chi connectivity index (χ1v) is 9.27. The molecule has 8 nitrogen and oxygen atoms in total. The van der Waals surface area contributed by atoms with Gasteiger partial charge in [0.2, 0.25) is 11.7 Å². The number of hydrogen-bond acceptors (Lipinski definition) is 5. The highest BCUT2D eigenvalue weighted by atomic mass is 16.2. The van der Waals surface area contributed by atoms with Crippen LogP contribution in [0.3, 0.4) is 0 Å². The zero-order valence-electron chi connectivity index (χ0n) is 16.5. The quantitative estimate of drug-likeness (QED) is 0.568. The van der Waals surface area contributed by atoms with Gasteiger partial charge in [-0.05, 0) is 38.1 Å². The largest absolute Gasteiger partial charge is 0.321 e. The first-order valence-electron chi connectivity index (χ1n) is 9.27. The number of nitrogens with zero attached hydrogens (tertiary/aromatic N) is 6. The van der Waals surface area contributed by atoms with Gasteiger partial charge in [0.1, 0.15) is 6.54 Å². The molecular weight excluding hydrogens is 366 g/mol. The fourth-order valence-corrected chi connectivity index (χ4v) is 3.08. The molecule has 0 spiro atoms. The fourth-order valence-electron chi connectivity index (χ4n) is 3.08. The maximum Gasteiger partial charge on any atom is 0.248 e. The van der Waals surface area contributed by atoms with E-state index in [4.69, 9.17) is 0 Å². The van der Waals surface area contributed by atoms with Gasteiger partial charge in [0.05, 0.1) is 22.8 Å². The summed E-state index contributed by atoms with van der Waals surface area (Å²) in [6, 6.07) is 17.6. The second-order valence-corrected chi connectivity index (χ2v) is 6.85. The Morgan fingerprint density at radius 3 is 2.41 bits per heavy atom. The summed E-state index contributed by atoms with van der Waals surface area (Å²) in [5, 5.41) is 19.8. The van der Waals surface area contributed by atoms with Crippen molar-refractivity contribution in [3.8, 4) is 17.1 Å². The number of benzene rings is 2. The maximum atomic E-state index is 12.5. The van der Waals surface area contributed by atoms with Gasteiger partial charge in [-0.2, -0.15) is 9.90 Å². The van der Waals surface area contributed by atoms with Crippen molar-refractivity contribution in [2.75, 3.05) is 5.32 Å². The third kappa shape index (κ3) is 3.91. The highest BCUT2D eigenvalue weighted by Gasteiger charge is 2.16. The minimum absolute atomic E-state index is 0.0333. The Bertz CT molecular complexity index is 1140. The van der Waals surface area contributed by atoms with Gasteiger partial charge in [-0.1, -0.05) is 48.0 Å². The average Bonchev–Trinajstić information content (AvgIpc) is 3.29. The number of tetrazole rings is 1. The molecule has 0 unspecified atom stereocenters. The van der Waals surface area contributed by atoms with Crippen molar-refractivity contribution >= 4 is 11.6 Å². The molecule has 0 aliphatic rings. The number of aromatic nitrogens is 6. The third-order valence-corrected chi connectivity index (χ3v) is 4.60. The Kier molecular flexibility index (Phi) is 4.90. The highest BCUT2D eigenvalue weighted by Crippen LogP contribution is 2.23. The van der Waals surface area contributed by atoms with E-state index in [1.54, 1.807) is 0 Å². The molecule has 0 fully saturated rings. The Labute approximate surface area is 168 Å². The number of rotatable bonds is 5. The van der Waals surface area contributed by atoms with Crippen molar-refractivity contribution in [2.24, 2.45) is 0 Å². The van der Waals surface area contributed by atoms with E-state index in [2.05, 4.69) is 25.8 Å². The highest BCUT2D eigenvalue weighted by molar-refractivity contribution is 5.91. The summed E-state index contributed by atoms with van der Waals surface area (Å²) in [6.45, 7) is 5.80. The lowest BCUT2D eigenvalue weighted by atomic mass is 10.2. The van der Waals surface area contributed by atoms with Crippen molar-refractivity contribution < 1.29 is 4.79 Å². The first kappa shape index (κ1) is 18.5. The molecule has 0 bridgehead atoms. The van der Waals surface area contributed by atoms with E-state index in [1.807, 2.05) is 80.1 Å². The van der Waals surface area contributed by atoms with Crippen LogP contribution in [0.5, 0.6) is 0 Å². The van der Waals surface area contributed by atoms with Crippen LogP contribution in [0.15, 0.2) is 54.6 Å². The number of carbonyl (C=O) groups excluding carboxylic acids is 1. The van der Waals surface area contributed by atoms with E-state index in [1.165, 1.54) is 10.4 Å². The Balaban J connectivity index is 1.49. The van der Waals surface area contributed by atoms with Crippen molar-refractivity contribution in [3.63, 3.8) is 0 Å². The van der Waals surface area contributed by atoms with Crippen LogP contribution < -0.4 is 5.32 Å². The zero-order valence-corrected chi connectivity index (χ0v) is 16.5. The summed E-state index contributed by atoms with van der Waals surface area (Å²) in [7, 11) is 0. The van der Waals surface area contributed by atoms with Crippen LogP contribution in [0.2, 0.25) is 0 Å². The SMILES string of the molecule is Cc1ccc(-n2nc(C)c(NC(=O)Cn3nnc(-c4ccccc4)n3)c2C)cc1. The number of carbonyl (C=O) groups is 1. The van der Waals surface area contributed by atoms with E-state index >= 15 is 0 Å².